The molecule has 6 aliphatic rings. The molecule has 1 aliphatic heterocycles. The zero-order valence-corrected chi connectivity index (χ0v) is 16.3. The van der Waals surface area contributed by atoms with E-state index in [9.17, 15) is 4.79 Å². The average Bonchev–Trinajstić information content (AvgIpc) is 3.18. The summed E-state index contributed by atoms with van der Waals surface area (Å²) < 4.78 is 5.75. The second-order valence-electron chi connectivity index (χ2n) is 10.7. The van der Waals surface area contributed by atoms with Crippen molar-refractivity contribution in [1.82, 2.24) is 0 Å². The van der Waals surface area contributed by atoms with E-state index in [1.54, 1.807) is 5.57 Å². The van der Waals surface area contributed by atoms with Crippen molar-refractivity contribution in [3.8, 4) is 0 Å². The summed E-state index contributed by atoms with van der Waals surface area (Å²) in [6, 6.07) is 0. The Balaban J connectivity index is 1.38. The third kappa shape index (κ3) is 1.76. The van der Waals surface area contributed by atoms with E-state index in [0.717, 1.165) is 30.6 Å². The first-order chi connectivity index (χ1) is 12.5. The number of Topliss-reactive ketones (excluding diaryl/α,β-unsaturated/α-hetero) is 1. The van der Waals surface area contributed by atoms with Crippen molar-refractivity contribution in [3.05, 3.63) is 23.8 Å². The summed E-state index contributed by atoms with van der Waals surface area (Å²) in [5.74, 6) is 2.96. The van der Waals surface area contributed by atoms with Gasteiger partial charge in [0.2, 0.25) is 0 Å². The van der Waals surface area contributed by atoms with Gasteiger partial charge < -0.3 is 4.74 Å². The average molecular weight is 353 g/mol. The lowest BCUT2D eigenvalue weighted by molar-refractivity contribution is -0.137. The highest BCUT2D eigenvalue weighted by Crippen LogP contribution is 2.72. The van der Waals surface area contributed by atoms with E-state index in [1.165, 1.54) is 44.9 Å². The van der Waals surface area contributed by atoms with Gasteiger partial charge in [0, 0.05) is 17.3 Å². The van der Waals surface area contributed by atoms with E-state index in [-0.39, 0.29) is 16.2 Å². The Kier molecular flexibility index (Phi) is 3.05. The van der Waals surface area contributed by atoms with Crippen molar-refractivity contribution < 1.29 is 9.53 Å². The first kappa shape index (κ1) is 16.1. The number of carbonyl (C=O) groups excluding carboxylic acids is 1. The summed E-state index contributed by atoms with van der Waals surface area (Å²) in [5, 5.41) is 0. The molecular formula is C24H32O2. The lowest BCUT2D eigenvalue weighted by Gasteiger charge is -2.58. The van der Waals surface area contributed by atoms with Gasteiger partial charge in [-0.1, -0.05) is 37.6 Å². The Labute approximate surface area is 157 Å². The van der Waals surface area contributed by atoms with Gasteiger partial charge in [-0.05, 0) is 74.5 Å². The maximum Gasteiger partial charge on any atom is 0.139 e. The Hall–Kier alpha value is -0.890. The molecule has 0 bridgehead atoms. The van der Waals surface area contributed by atoms with Gasteiger partial charge in [0.05, 0.1) is 0 Å². The van der Waals surface area contributed by atoms with Crippen LogP contribution in [0.5, 0.6) is 0 Å². The van der Waals surface area contributed by atoms with E-state index in [4.69, 9.17) is 4.74 Å². The third-order valence-corrected chi connectivity index (χ3v) is 10.1. The summed E-state index contributed by atoms with van der Waals surface area (Å²) in [4.78, 5) is 13.0. The number of epoxide rings is 1. The van der Waals surface area contributed by atoms with Crippen molar-refractivity contribution in [1.29, 1.82) is 0 Å². The molecule has 0 N–H and O–H groups in total. The van der Waals surface area contributed by atoms with Crippen molar-refractivity contribution in [2.75, 3.05) is 0 Å². The standard InChI is InChI=1S/C24H32O2/c1-22-11-9-19-20(26-19)14-15(22)5-6-16-17(22)7-12-23(2)18(16)8-13-24(23)10-3-4-21(24)25/h9,11,14,16-20H,3-8,10,12-13H2,1-2H3. The van der Waals surface area contributed by atoms with Gasteiger partial charge in [0.1, 0.15) is 18.0 Å². The molecule has 6 rings (SSSR count). The van der Waals surface area contributed by atoms with Gasteiger partial charge in [-0.3, -0.25) is 4.79 Å². The van der Waals surface area contributed by atoms with Crippen LogP contribution in [0.25, 0.3) is 0 Å². The molecule has 26 heavy (non-hydrogen) atoms. The molecule has 4 saturated carbocycles. The van der Waals surface area contributed by atoms with Crippen LogP contribution in [-0.4, -0.2) is 18.0 Å². The monoisotopic (exact) mass is 352 g/mol. The number of allylic oxidation sites excluding steroid dienone is 2. The Morgan fingerprint density at radius 2 is 1.85 bits per heavy atom. The van der Waals surface area contributed by atoms with Crippen LogP contribution in [0.15, 0.2) is 23.8 Å². The van der Waals surface area contributed by atoms with E-state index in [0.29, 0.717) is 18.0 Å². The van der Waals surface area contributed by atoms with Gasteiger partial charge in [0.15, 0.2) is 0 Å². The Morgan fingerprint density at radius 1 is 1.00 bits per heavy atom. The molecule has 0 aromatic rings. The predicted octanol–water partition coefficient (Wildman–Crippen LogP) is 5.23. The van der Waals surface area contributed by atoms with Gasteiger partial charge >= 0.3 is 0 Å². The highest BCUT2D eigenvalue weighted by Gasteiger charge is 2.66. The van der Waals surface area contributed by atoms with Gasteiger partial charge in [-0.15, -0.1) is 0 Å². The first-order valence-electron chi connectivity index (χ1n) is 11.1. The molecule has 2 heteroatoms. The van der Waals surface area contributed by atoms with Gasteiger partial charge in [-0.2, -0.15) is 0 Å². The fourth-order valence-corrected chi connectivity index (χ4v) is 8.61. The quantitative estimate of drug-likeness (QED) is 0.441. The predicted molar refractivity (Wildman–Crippen MR) is 102 cm³/mol. The fraction of sp³-hybridized carbons (Fsp3) is 0.792. The van der Waals surface area contributed by atoms with E-state index in [2.05, 4.69) is 32.1 Å². The molecule has 1 saturated heterocycles. The van der Waals surface area contributed by atoms with Crippen LogP contribution in [0.3, 0.4) is 0 Å². The minimum absolute atomic E-state index is 0.0500. The SMILES string of the molecule is CC12C=CC3OC3C=C1CCC1C2CCC2(C)C1CCC21CCCC1=O. The summed E-state index contributed by atoms with van der Waals surface area (Å²) in [5.41, 5.74) is 2.21. The molecular weight excluding hydrogens is 320 g/mol. The summed E-state index contributed by atoms with van der Waals surface area (Å²) >= 11 is 0. The Morgan fingerprint density at radius 3 is 2.65 bits per heavy atom. The van der Waals surface area contributed by atoms with Gasteiger partial charge in [-0.25, -0.2) is 0 Å². The molecule has 2 nitrogen and oxygen atoms in total. The highest BCUT2D eigenvalue weighted by molar-refractivity contribution is 5.88. The first-order valence-corrected chi connectivity index (χ1v) is 11.1. The number of ketones is 1. The zero-order chi connectivity index (χ0) is 17.7. The molecule has 1 heterocycles. The number of hydrogen-bond acceptors (Lipinski definition) is 2. The number of hydrogen-bond donors (Lipinski definition) is 0. The number of ether oxygens (including phenoxy) is 1. The lowest BCUT2D eigenvalue weighted by Crippen LogP contribution is -2.52. The van der Waals surface area contributed by atoms with Crippen molar-refractivity contribution in [2.45, 2.75) is 83.8 Å². The van der Waals surface area contributed by atoms with Gasteiger partial charge in [0.25, 0.3) is 0 Å². The second-order valence-corrected chi connectivity index (χ2v) is 10.7. The number of rotatable bonds is 0. The van der Waals surface area contributed by atoms with Crippen molar-refractivity contribution >= 4 is 5.78 Å². The second kappa shape index (κ2) is 4.93. The van der Waals surface area contributed by atoms with Crippen LogP contribution in [0, 0.1) is 34.0 Å². The zero-order valence-electron chi connectivity index (χ0n) is 16.3. The van der Waals surface area contributed by atoms with Crippen molar-refractivity contribution in [3.63, 3.8) is 0 Å². The largest absolute Gasteiger partial charge is 0.361 e. The fourth-order valence-electron chi connectivity index (χ4n) is 8.61. The number of fused-ring (bicyclic) bond motifs is 7. The van der Waals surface area contributed by atoms with E-state index >= 15 is 0 Å². The summed E-state index contributed by atoms with van der Waals surface area (Å²) in [7, 11) is 0. The molecule has 140 valence electrons. The minimum atomic E-state index is 0.0500. The normalized spacial score (nSPS) is 57.1. The number of carbonyl (C=O) groups is 1. The van der Waals surface area contributed by atoms with E-state index < -0.39 is 0 Å². The Bertz CT molecular complexity index is 734. The van der Waals surface area contributed by atoms with E-state index in [1.807, 2.05) is 0 Å². The highest BCUT2D eigenvalue weighted by atomic mass is 16.6. The van der Waals surface area contributed by atoms with Crippen LogP contribution in [-0.2, 0) is 9.53 Å². The molecule has 5 fully saturated rings. The third-order valence-electron chi connectivity index (χ3n) is 10.1. The van der Waals surface area contributed by atoms with Crippen LogP contribution in [0.2, 0.25) is 0 Å². The van der Waals surface area contributed by atoms with Crippen LogP contribution >= 0.6 is 0 Å². The molecule has 8 unspecified atom stereocenters. The van der Waals surface area contributed by atoms with Crippen molar-refractivity contribution in [2.24, 2.45) is 34.0 Å². The maximum absolute atomic E-state index is 13.0. The maximum atomic E-state index is 13.0. The molecule has 0 aromatic carbocycles. The summed E-state index contributed by atoms with van der Waals surface area (Å²) in [6.07, 6.45) is 18.9. The summed E-state index contributed by atoms with van der Waals surface area (Å²) in [6.45, 7) is 5.02. The molecule has 0 amide bonds. The van der Waals surface area contributed by atoms with Crippen LogP contribution in [0.1, 0.15) is 71.6 Å². The topological polar surface area (TPSA) is 29.6 Å². The molecule has 8 atom stereocenters. The van der Waals surface area contributed by atoms with Crippen LogP contribution in [0.4, 0.5) is 0 Å². The molecule has 0 radical (unpaired) electrons. The smallest absolute Gasteiger partial charge is 0.139 e. The minimum Gasteiger partial charge on any atom is -0.361 e. The molecule has 0 aromatic heterocycles. The lowest BCUT2D eigenvalue weighted by atomic mass is 9.46. The van der Waals surface area contributed by atoms with Crippen LogP contribution < -0.4 is 0 Å². The molecule has 1 spiro atoms. The molecule has 5 aliphatic carbocycles.